The Labute approximate surface area is 177 Å². The lowest BCUT2D eigenvalue weighted by atomic mass is 10.1. The van der Waals surface area contributed by atoms with Gasteiger partial charge < -0.3 is 4.74 Å². The minimum absolute atomic E-state index is 0.198. The normalized spacial score (nSPS) is 16.1. The molecule has 30 heavy (non-hydrogen) atoms. The summed E-state index contributed by atoms with van der Waals surface area (Å²) in [7, 11) is 1.40. The Hall–Kier alpha value is -3.04. The highest BCUT2D eigenvalue weighted by atomic mass is 35.5. The van der Waals surface area contributed by atoms with Crippen molar-refractivity contribution < 1.29 is 32.3 Å². The maximum Gasteiger partial charge on any atom is 0.416 e. The maximum absolute atomic E-state index is 13.1. The largest absolute Gasteiger partial charge is 0.495 e. The lowest BCUT2D eigenvalue weighted by molar-refractivity contribution is -0.137. The Morgan fingerprint density at radius 1 is 1.03 bits per heavy atom. The first-order valence-corrected chi connectivity index (χ1v) is 8.90. The minimum Gasteiger partial charge on any atom is -0.495 e. The van der Waals surface area contributed by atoms with E-state index in [1.165, 1.54) is 25.3 Å². The van der Waals surface area contributed by atoms with Gasteiger partial charge in [0.1, 0.15) is 11.3 Å². The molecule has 0 aliphatic carbocycles. The molecule has 0 unspecified atom stereocenters. The van der Waals surface area contributed by atoms with Crippen molar-refractivity contribution >= 4 is 52.8 Å². The van der Waals surface area contributed by atoms with E-state index < -0.39 is 40.8 Å². The number of carbonyl (C=O) groups is 3. The fourth-order valence-electron chi connectivity index (χ4n) is 2.68. The number of barbiturate groups is 1. The van der Waals surface area contributed by atoms with Gasteiger partial charge in [0.25, 0.3) is 11.8 Å². The average Bonchev–Trinajstić information content (AvgIpc) is 2.65. The van der Waals surface area contributed by atoms with E-state index in [1.54, 1.807) is 0 Å². The van der Waals surface area contributed by atoms with Gasteiger partial charge in [-0.1, -0.05) is 29.3 Å². The van der Waals surface area contributed by atoms with Crippen molar-refractivity contribution in [3.8, 4) is 5.75 Å². The third kappa shape index (κ3) is 4.12. The number of rotatable bonds is 3. The number of halogens is 5. The number of methoxy groups -OCH3 is 1. The molecule has 1 heterocycles. The van der Waals surface area contributed by atoms with Gasteiger partial charge in [-0.25, -0.2) is 9.69 Å². The summed E-state index contributed by atoms with van der Waals surface area (Å²) in [4.78, 5) is 37.7. The number of nitrogens with zero attached hydrogens (tertiary/aromatic N) is 1. The van der Waals surface area contributed by atoms with Gasteiger partial charge in [0.2, 0.25) is 0 Å². The molecule has 1 aliphatic heterocycles. The maximum atomic E-state index is 13.1. The first-order valence-electron chi connectivity index (χ1n) is 8.14. The molecule has 11 heteroatoms. The number of ether oxygens (including phenoxy) is 1. The van der Waals surface area contributed by atoms with E-state index in [-0.39, 0.29) is 10.0 Å². The summed E-state index contributed by atoms with van der Waals surface area (Å²) < 4.78 is 44.2. The number of urea groups is 1. The van der Waals surface area contributed by atoms with Crippen LogP contribution in [-0.2, 0) is 15.8 Å². The zero-order chi connectivity index (χ0) is 22.2. The Bertz CT molecular complexity index is 1100. The van der Waals surface area contributed by atoms with E-state index in [1.807, 2.05) is 5.32 Å². The third-order valence-electron chi connectivity index (χ3n) is 4.10. The molecular weight excluding hydrogens is 448 g/mol. The summed E-state index contributed by atoms with van der Waals surface area (Å²) in [5.74, 6) is -1.81. The summed E-state index contributed by atoms with van der Waals surface area (Å²) in [5.41, 5.74) is -1.81. The summed E-state index contributed by atoms with van der Waals surface area (Å²) in [6, 6.07) is 5.34. The number of carbonyl (C=O) groups excluding carboxylic acids is 3. The van der Waals surface area contributed by atoms with Crippen LogP contribution in [0.2, 0.25) is 10.0 Å². The van der Waals surface area contributed by atoms with Crippen LogP contribution in [0.5, 0.6) is 5.75 Å². The lowest BCUT2D eigenvalue weighted by Gasteiger charge is -2.27. The molecule has 0 radical (unpaired) electrons. The van der Waals surface area contributed by atoms with Crippen molar-refractivity contribution in [2.24, 2.45) is 0 Å². The highest BCUT2D eigenvalue weighted by molar-refractivity contribution is 6.42. The lowest BCUT2D eigenvalue weighted by Crippen LogP contribution is -2.54. The second kappa shape index (κ2) is 8.00. The summed E-state index contributed by atoms with van der Waals surface area (Å²) >= 11 is 12.0. The molecule has 1 aliphatic rings. The Morgan fingerprint density at radius 2 is 1.73 bits per heavy atom. The molecule has 0 aromatic heterocycles. The first kappa shape index (κ1) is 21.7. The van der Waals surface area contributed by atoms with Gasteiger partial charge in [0.15, 0.2) is 0 Å². The molecule has 156 valence electrons. The zero-order valence-corrected chi connectivity index (χ0v) is 16.5. The molecule has 0 saturated carbocycles. The van der Waals surface area contributed by atoms with Crippen LogP contribution in [-0.4, -0.2) is 25.0 Å². The molecule has 3 rings (SSSR count). The molecule has 0 bridgehead atoms. The number of amides is 4. The second-order valence-electron chi connectivity index (χ2n) is 6.02. The van der Waals surface area contributed by atoms with Gasteiger partial charge in [0, 0.05) is 0 Å². The highest BCUT2D eigenvalue weighted by Gasteiger charge is 2.39. The Kier molecular flexibility index (Phi) is 5.78. The standard InChI is InChI=1S/C19H11Cl2F3N2O4/c1-30-15-5-2-9(7-13(15)21)6-11-16(27)25-18(29)26(17(11)28)14-8-10(19(22,23)24)3-4-12(14)20/h2-8H,1H3,(H,25,27,29). The van der Waals surface area contributed by atoms with Crippen LogP contribution in [0.1, 0.15) is 11.1 Å². The SMILES string of the molecule is COc1ccc(C=C2C(=O)NC(=O)N(c3cc(C(F)(F)F)ccc3Cl)C2=O)cc1Cl. The summed E-state index contributed by atoms with van der Waals surface area (Å²) in [5, 5.41) is 1.83. The van der Waals surface area contributed by atoms with Crippen LogP contribution in [0.4, 0.5) is 23.7 Å². The molecule has 0 atom stereocenters. The molecule has 1 saturated heterocycles. The highest BCUT2D eigenvalue weighted by Crippen LogP contribution is 2.36. The van der Waals surface area contributed by atoms with Crippen molar-refractivity contribution in [3.63, 3.8) is 0 Å². The van der Waals surface area contributed by atoms with Gasteiger partial charge >= 0.3 is 12.2 Å². The minimum atomic E-state index is -4.73. The number of benzene rings is 2. The zero-order valence-electron chi connectivity index (χ0n) is 15.0. The monoisotopic (exact) mass is 458 g/mol. The number of hydrogen-bond donors (Lipinski definition) is 1. The van der Waals surface area contributed by atoms with Crippen molar-refractivity contribution in [1.29, 1.82) is 0 Å². The molecule has 2 aromatic carbocycles. The van der Waals surface area contributed by atoms with Crippen LogP contribution in [0.15, 0.2) is 42.0 Å². The first-order chi connectivity index (χ1) is 14.0. The van der Waals surface area contributed by atoms with Crippen molar-refractivity contribution in [2.75, 3.05) is 12.0 Å². The predicted octanol–water partition coefficient (Wildman–Crippen LogP) is 4.69. The molecule has 6 nitrogen and oxygen atoms in total. The van der Waals surface area contributed by atoms with Crippen LogP contribution >= 0.6 is 23.2 Å². The number of hydrogen-bond acceptors (Lipinski definition) is 4. The second-order valence-corrected chi connectivity index (χ2v) is 6.83. The number of anilines is 1. The van der Waals surface area contributed by atoms with Gasteiger partial charge in [0.05, 0.1) is 28.4 Å². The molecule has 4 amide bonds. The average molecular weight is 459 g/mol. The van der Waals surface area contributed by atoms with Gasteiger partial charge in [-0.2, -0.15) is 13.2 Å². The Balaban J connectivity index is 2.06. The van der Waals surface area contributed by atoms with Crippen LogP contribution in [0.3, 0.4) is 0 Å². The Morgan fingerprint density at radius 3 is 2.33 bits per heavy atom. The number of nitrogens with one attached hydrogen (secondary N) is 1. The molecule has 1 fully saturated rings. The van der Waals surface area contributed by atoms with Crippen molar-refractivity contribution in [3.05, 3.63) is 63.1 Å². The van der Waals surface area contributed by atoms with E-state index in [0.29, 0.717) is 28.3 Å². The van der Waals surface area contributed by atoms with E-state index >= 15 is 0 Å². The van der Waals surface area contributed by atoms with Gasteiger partial charge in [-0.15, -0.1) is 0 Å². The number of imide groups is 2. The molecule has 0 spiro atoms. The predicted molar refractivity (Wildman–Crippen MR) is 103 cm³/mol. The summed E-state index contributed by atoms with van der Waals surface area (Å²) in [6.45, 7) is 0. The number of alkyl halides is 3. The van der Waals surface area contributed by atoms with Crippen LogP contribution in [0.25, 0.3) is 6.08 Å². The van der Waals surface area contributed by atoms with Crippen molar-refractivity contribution in [1.82, 2.24) is 5.32 Å². The molecular formula is C19H11Cl2F3N2O4. The van der Waals surface area contributed by atoms with Crippen LogP contribution < -0.4 is 15.0 Å². The topological polar surface area (TPSA) is 75.7 Å². The fourth-order valence-corrected chi connectivity index (χ4v) is 3.14. The van der Waals surface area contributed by atoms with E-state index in [9.17, 15) is 27.6 Å². The third-order valence-corrected chi connectivity index (χ3v) is 4.72. The van der Waals surface area contributed by atoms with Gasteiger partial charge in [-0.3, -0.25) is 14.9 Å². The molecule has 1 N–H and O–H groups in total. The van der Waals surface area contributed by atoms with E-state index in [2.05, 4.69) is 0 Å². The molecule has 2 aromatic rings. The van der Waals surface area contributed by atoms with Crippen LogP contribution in [0, 0.1) is 0 Å². The fraction of sp³-hybridized carbons (Fsp3) is 0.105. The quantitative estimate of drug-likeness (QED) is 0.534. The van der Waals surface area contributed by atoms with Crippen molar-refractivity contribution in [2.45, 2.75) is 6.18 Å². The smallest absolute Gasteiger partial charge is 0.416 e. The summed E-state index contributed by atoms with van der Waals surface area (Å²) in [6.07, 6.45) is -3.59. The van der Waals surface area contributed by atoms with Gasteiger partial charge in [-0.05, 0) is 42.0 Å². The van der Waals surface area contributed by atoms with E-state index in [0.717, 1.165) is 12.1 Å². The van der Waals surface area contributed by atoms with E-state index in [4.69, 9.17) is 27.9 Å².